The lowest BCUT2D eigenvalue weighted by molar-refractivity contribution is -0.0502. The molecule has 0 amide bonds. The minimum Gasteiger partial charge on any atom is -0.373 e. The first-order valence-electron chi connectivity index (χ1n) is 8.74. The van der Waals surface area contributed by atoms with Gasteiger partial charge in [0, 0.05) is 39.3 Å². The highest BCUT2D eigenvalue weighted by molar-refractivity contribution is 14.0. The monoisotopic (exact) mass is 444 g/mol. The molecule has 2 unspecified atom stereocenters. The third kappa shape index (κ3) is 4.61. The van der Waals surface area contributed by atoms with Crippen LogP contribution in [0.15, 0.2) is 35.3 Å². The number of hydrogen-bond acceptors (Lipinski definition) is 3. The molecule has 134 valence electrons. The Morgan fingerprint density at radius 1 is 1.25 bits per heavy atom. The van der Waals surface area contributed by atoms with Crippen LogP contribution in [0.25, 0.3) is 0 Å². The van der Waals surface area contributed by atoms with E-state index in [-0.39, 0.29) is 30.1 Å². The van der Waals surface area contributed by atoms with Gasteiger partial charge in [-0.2, -0.15) is 0 Å². The van der Waals surface area contributed by atoms with Gasteiger partial charge in [-0.05, 0) is 19.4 Å². The molecule has 1 N–H and O–H groups in total. The minimum atomic E-state index is 0. The summed E-state index contributed by atoms with van der Waals surface area (Å²) in [4.78, 5) is 9.54. The number of nitrogens with one attached hydrogen (secondary N) is 1. The van der Waals surface area contributed by atoms with E-state index in [2.05, 4.69) is 64.3 Å². The van der Waals surface area contributed by atoms with Crippen LogP contribution in [0.1, 0.15) is 19.4 Å². The summed E-state index contributed by atoms with van der Waals surface area (Å²) < 4.78 is 6.04. The van der Waals surface area contributed by atoms with Gasteiger partial charge >= 0.3 is 0 Å². The average molecular weight is 444 g/mol. The van der Waals surface area contributed by atoms with Gasteiger partial charge in [0.05, 0.1) is 18.8 Å². The predicted molar refractivity (Wildman–Crippen MR) is 109 cm³/mol. The number of ether oxygens (including phenoxy) is 1. The lowest BCUT2D eigenvalue weighted by Gasteiger charge is -2.36. The van der Waals surface area contributed by atoms with Crippen LogP contribution in [-0.2, 0) is 11.3 Å². The van der Waals surface area contributed by atoms with Gasteiger partial charge in [-0.1, -0.05) is 30.3 Å². The van der Waals surface area contributed by atoms with Gasteiger partial charge in [-0.15, -0.1) is 24.0 Å². The molecule has 2 aliphatic rings. The molecule has 2 fully saturated rings. The zero-order valence-electron chi connectivity index (χ0n) is 14.6. The van der Waals surface area contributed by atoms with E-state index in [0.29, 0.717) is 6.04 Å². The SMILES string of the molecule is CCN=C(NCC)N1CC2OCCN(Cc3ccccc3)C2C1.I. The van der Waals surface area contributed by atoms with E-state index in [4.69, 9.17) is 4.74 Å². The maximum Gasteiger partial charge on any atom is 0.194 e. The molecule has 0 spiro atoms. The Bertz CT molecular complexity index is 525. The number of aliphatic imine (C=N–C) groups is 1. The third-order valence-corrected chi connectivity index (χ3v) is 4.59. The number of rotatable bonds is 4. The quantitative estimate of drug-likeness (QED) is 0.439. The van der Waals surface area contributed by atoms with Crippen molar-refractivity contribution in [1.29, 1.82) is 0 Å². The number of halogens is 1. The van der Waals surface area contributed by atoms with Gasteiger partial charge in [0.1, 0.15) is 0 Å². The first-order valence-corrected chi connectivity index (χ1v) is 8.74. The van der Waals surface area contributed by atoms with Crippen molar-refractivity contribution in [3.05, 3.63) is 35.9 Å². The van der Waals surface area contributed by atoms with Crippen LogP contribution in [0.2, 0.25) is 0 Å². The molecule has 0 radical (unpaired) electrons. The third-order valence-electron chi connectivity index (χ3n) is 4.59. The summed E-state index contributed by atoms with van der Waals surface area (Å²) in [5.74, 6) is 1.02. The van der Waals surface area contributed by atoms with Gasteiger partial charge in [-0.3, -0.25) is 9.89 Å². The largest absolute Gasteiger partial charge is 0.373 e. The van der Waals surface area contributed by atoms with Crippen LogP contribution < -0.4 is 5.32 Å². The van der Waals surface area contributed by atoms with Crippen molar-refractivity contribution in [2.75, 3.05) is 39.3 Å². The van der Waals surface area contributed by atoms with Crippen LogP contribution in [0.3, 0.4) is 0 Å². The van der Waals surface area contributed by atoms with Crippen LogP contribution in [0, 0.1) is 0 Å². The molecular formula is C18H29IN4O. The van der Waals surface area contributed by atoms with Gasteiger partial charge in [-0.25, -0.2) is 0 Å². The number of morpholine rings is 1. The van der Waals surface area contributed by atoms with E-state index >= 15 is 0 Å². The summed E-state index contributed by atoms with van der Waals surface area (Å²) in [7, 11) is 0. The number of fused-ring (bicyclic) bond motifs is 1. The van der Waals surface area contributed by atoms with Gasteiger partial charge in [0.25, 0.3) is 0 Å². The standard InChI is InChI=1S/C18H28N4O.HI/c1-3-19-18(20-4-2)22-13-16-17(14-22)23-11-10-21(16)12-15-8-6-5-7-9-15;/h5-9,16-17H,3-4,10-14H2,1-2H3,(H,19,20);1H. The molecule has 0 bridgehead atoms. The number of likely N-dealkylation sites (tertiary alicyclic amines) is 1. The normalized spacial score (nSPS) is 24.4. The zero-order valence-corrected chi connectivity index (χ0v) is 17.0. The second-order valence-electron chi connectivity index (χ2n) is 6.17. The number of benzene rings is 1. The Morgan fingerprint density at radius 3 is 2.75 bits per heavy atom. The molecular weight excluding hydrogens is 415 g/mol. The summed E-state index contributed by atoms with van der Waals surface area (Å²) >= 11 is 0. The Morgan fingerprint density at radius 2 is 2.04 bits per heavy atom. The Balaban J connectivity index is 0.00000208. The van der Waals surface area contributed by atoms with Crippen LogP contribution in [-0.4, -0.2) is 67.2 Å². The van der Waals surface area contributed by atoms with E-state index in [0.717, 1.165) is 51.8 Å². The lowest BCUT2D eigenvalue weighted by Crippen LogP contribution is -2.50. The fourth-order valence-corrected chi connectivity index (χ4v) is 3.52. The van der Waals surface area contributed by atoms with E-state index in [1.165, 1.54) is 5.56 Å². The highest BCUT2D eigenvalue weighted by Gasteiger charge is 2.41. The van der Waals surface area contributed by atoms with Gasteiger partial charge in [0.2, 0.25) is 0 Å². The van der Waals surface area contributed by atoms with Crippen LogP contribution in [0.5, 0.6) is 0 Å². The van der Waals surface area contributed by atoms with Crippen molar-refractivity contribution in [2.45, 2.75) is 32.5 Å². The second-order valence-corrected chi connectivity index (χ2v) is 6.17. The Kier molecular flexibility index (Phi) is 7.77. The number of guanidine groups is 1. The first kappa shape index (κ1) is 19.5. The molecule has 0 saturated carbocycles. The molecule has 2 atom stereocenters. The summed E-state index contributed by atoms with van der Waals surface area (Å²) in [6, 6.07) is 11.2. The van der Waals surface area contributed by atoms with E-state index < -0.39 is 0 Å². The van der Waals surface area contributed by atoms with E-state index in [9.17, 15) is 0 Å². The number of hydrogen-bond donors (Lipinski definition) is 1. The summed E-state index contributed by atoms with van der Waals surface area (Å²) in [6.45, 7) is 10.7. The summed E-state index contributed by atoms with van der Waals surface area (Å²) in [5.41, 5.74) is 1.38. The highest BCUT2D eigenvalue weighted by Crippen LogP contribution is 2.24. The van der Waals surface area contributed by atoms with Crippen molar-refractivity contribution < 1.29 is 4.74 Å². The Hall–Kier alpha value is -0.860. The molecule has 2 heterocycles. The molecule has 2 saturated heterocycles. The minimum absolute atomic E-state index is 0. The number of nitrogens with zero attached hydrogens (tertiary/aromatic N) is 3. The van der Waals surface area contributed by atoms with E-state index in [1.807, 2.05) is 0 Å². The Labute approximate surface area is 162 Å². The van der Waals surface area contributed by atoms with Crippen molar-refractivity contribution in [3.8, 4) is 0 Å². The second kappa shape index (κ2) is 9.58. The molecule has 0 aliphatic carbocycles. The fraction of sp³-hybridized carbons (Fsp3) is 0.611. The fourth-order valence-electron chi connectivity index (χ4n) is 3.52. The van der Waals surface area contributed by atoms with Crippen molar-refractivity contribution in [1.82, 2.24) is 15.1 Å². The zero-order chi connectivity index (χ0) is 16.1. The molecule has 5 nitrogen and oxygen atoms in total. The van der Waals surface area contributed by atoms with Crippen molar-refractivity contribution in [2.24, 2.45) is 4.99 Å². The predicted octanol–water partition coefficient (Wildman–Crippen LogP) is 2.18. The highest BCUT2D eigenvalue weighted by atomic mass is 127. The molecule has 6 heteroatoms. The topological polar surface area (TPSA) is 40.1 Å². The maximum absolute atomic E-state index is 6.04. The van der Waals surface area contributed by atoms with Gasteiger partial charge in [0.15, 0.2) is 5.96 Å². The molecule has 24 heavy (non-hydrogen) atoms. The molecule has 1 aromatic rings. The van der Waals surface area contributed by atoms with Crippen LogP contribution >= 0.6 is 24.0 Å². The van der Waals surface area contributed by atoms with Crippen molar-refractivity contribution >= 4 is 29.9 Å². The maximum atomic E-state index is 6.04. The average Bonchev–Trinajstić information content (AvgIpc) is 3.01. The van der Waals surface area contributed by atoms with Gasteiger partial charge < -0.3 is 15.0 Å². The molecule has 2 aliphatic heterocycles. The van der Waals surface area contributed by atoms with Crippen molar-refractivity contribution in [3.63, 3.8) is 0 Å². The van der Waals surface area contributed by atoms with E-state index in [1.54, 1.807) is 0 Å². The smallest absolute Gasteiger partial charge is 0.194 e. The van der Waals surface area contributed by atoms with Crippen LogP contribution in [0.4, 0.5) is 0 Å². The summed E-state index contributed by atoms with van der Waals surface area (Å²) in [5, 5.41) is 3.40. The first-order chi connectivity index (χ1) is 11.3. The lowest BCUT2D eigenvalue weighted by atomic mass is 10.1. The molecule has 0 aromatic heterocycles. The molecule has 1 aromatic carbocycles. The summed E-state index contributed by atoms with van der Waals surface area (Å²) in [6.07, 6.45) is 0.285. The molecule has 3 rings (SSSR count).